The van der Waals surface area contributed by atoms with Gasteiger partial charge in [0.25, 0.3) is 0 Å². The van der Waals surface area contributed by atoms with Crippen LogP contribution in [0.15, 0.2) is 91.0 Å². The van der Waals surface area contributed by atoms with Crippen LogP contribution < -0.4 is 14.8 Å². The first-order valence-corrected chi connectivity index (χ1v) is 17.1. The number of phenolic OH excluding ortho intramolecular Hbond substituents is 2. The molecule has 272 valence electrons. The van der Waals surface area contributed by atoms with Gasteiger partial charge in [0, 0.05) is 23.1 Å². The van der Waals surface area contributed by atoms with Gasteiger partial charge < -0.3 is 29.7 Å². The monoisotopic (exact) mass is 763 g/mol. The lowest BCUT2D eigenvalue weighted by atomic mass is 9.88. The molecule has 0 saturated carbocycles. The minimum Gasteiger partial charge on any atom is -0.507 e. The number of fused-ring (bicyclic) bond motifs is 2. The van der Waals surface area contributed by atoms with Crippen molar-refractivity contribution in [3.8, 4) is 28.7 Å². The molecule has 0 aromatic heterocycles. The number of halogens is 3. The molecule has 0 saturated heterocycles. The number of hydrogen-bond acceptors (Lipinski definition) is 8. The molecule has 6 rings (SSSR count). The van der Waals surface area contributed by atoms with Crippen LogP contribution in [0.1, 0.15) is 79.4 Å². The lowest BCUT2D eigenvalue weighted by Crippen LogP contribution is -2.21. The molecule has 1 aliphatic rings. The zero-order valence-electron chi connectivity index (χ0n) is 29.3. The summed E-state index contributed by atoms with van der Waals surface area (Å²) in [6.07, 6.45) is 1.09. The summed E-state index contributed by atoms with van der Waals surface area (Å²) in [7, 11) is 1.17. The van der Waals surface area contributed by atoms with Crippen LogP contribution in [0.5, 0.6) is 28.7 Å². The number of phenols is 2. The standard InChI is InChI=1S/C23H25N.C18H14Cl2O7.ClH/c1-19(20-11-5-2-6-12-20)24-18-17-23(21-13-7-3-8-14-21)22-15-9-4-10-16-22;1-5-9-16(11(20)13(22)10(5)19)26-14-6(2)8(17(23)25-4)12(21)7(3)15(14)27-18(9)24;/h2-16,19,23-24H,17-18H2,1H3;21-22H,1-4H3;1H. The highest BCUT2D eigenvalue weighted by Gasteiger charge is 2.35. The van der Waals surface area contributed by atoms with E-state index in [9.17, 15) is 19.8 Å². The molecule has 0 fully saturated rings. The van der Waals surface area contributed by atoms with Crippen molar-refractivity contribution in [2.75, 3.05) is 13.7 Å². The molecule has 1 heterocycles. The van der Waals surface area contributed by atoms with Crippen molar-refractivity contribution < 1.29 is 34.0 Å². The summed E-state index contributed by atoms with van der Waals surface area (Å²) in [6.45, 7) is 7.65. The van der Waals surface area contributed by atoms with E-state index in [4.69, 9.17) is 37.4 Å². The van der Waals surface area contributed by atoms with E-state index in [0.29, 0.717) is 12.0 Å². The number of esters is 2. The number of nitrogens with one attached hydrogen (secondary N) is 1. The van der Waals surface area contributed by atoms with Crippen molar-refractivity contribution in [3.05, 3.63) is 146 Å². The molecule has 0 bridgehead atoms. The van der Waals surface area contributed by atoms with Crippen LogP contribution >= 0.6 is 35.6 Å². The Bertz CT molecular complexity index is 2000. The Balaban J connectivity index is 0.000000230. The summed E-state index contributed by atoms with van der Waals surface area (Å²) >= 11 is 12.2. The second-order valence-electron chi connectivity index (χ2n) is 12.2. The molecule has 1 unspecified atom stereocenters. The number of rotatable bonds is 8. The summed E-state index contributed by atoms with van der Waals surface area (Å²) < 4.78 is 15.9. The summed E-state index contributed by atoms with van der Waals surface area (Å²) in [5.74, 6) is -2.30. The molecule has 0 amide bonds. The fourth-order valence-corrected chi connectivity index (χ4v) is 6.55. The van der Waals surface area contributed by atoms with E-state index in [2.05, 4.69) is 103 Å². The van der Waals surface area contributed by atoms with E-state index in [0.717, 1.165) is 13.0 Å². The first kappa shape index (κ1) is 40.0. The Morgan fingerprint density at radius 1 is 0.731 bits per heavy atom. The van der Waals surface area contributed by atoms with Crippen molar-refractivity contribution in [1.82, 2.24) is 5.32 Å². The van der Waals surface area contributed by atoms with Gasteiger partial charge in [-0.1, -0.05) is 114 Å². The molecule has 11 heteroatoms. The molecule has 0 aliphatic carbocycles. The summed E-state index contributed by atoms with van der Waals surface area (Å²) in [5.41, 5.74) is 4.38. The Labute approximate surface area is 319 Å². The molecular weight excluding hydrogens is 725 g/mol. The van der Waals surface area contributed by atoms with E-state index < -0.39 is 23.4 Å². The molecule has 1 atom stereocenters. The van der Waals surface area contributed by atoms with Crippen LogP contribution in [0.2, 0.25) is 10.0 Å². The summed E-state index contributed by atoms with van der Waals surface area (Å²) in [4.78, 5) is 24.8. The Hall–Kier alpha value is -4.73. The van der Waals surface area contributed by atoms with Crippen molar-refractivity contribution >= 4 is 47.5 Å². The van der Waals surface area contributed by atoms with Gasteiger partial charge in [-0.3, -0.25) is 0 Å². The van der Waals surface area contributed by atoms with Crippen molar-refractivity contribution in [1.29, 1.82) is 0 Å². The number of hydrogen-bond donors (Lipinski definition) is 3. The van der Waals surface area contributed by atoms with E-state index in [1.54, 1.807) is 0 Å². The molecule has 0 radical (unpaired) electrons. The molecule has 0 spiro atoms. The number of ether oxygens (including phenoxy) is 3. The van der Waals surface area contributed by atoms with Crippen LogP contribution in [-0.4, -0.2) is 35.8 Å². The normalized spacial score (nSPS) is 12.1. The maximum atomic E-state index is 12.7. The third kappa shape index (κ3) is 8.32. The quantitative estimate of drug-likeness (QED) is 0.106. The highest BCUT2D eigenvalue weighted by molar-refractivity contribution is 6.39. The van der Waals surface area contributed by atoms with Crippen LogP contribution in [-0.2, 0) is 4.74 Å². The Kier molecular flexibility index (Phi) is 13.6. The van der Waals surface area contributed by atoms with Gasteiger partial charge in [0.05, 0.1) is 12.1 Å². The SMILES string of the molecule is CC(NCCC(c1ccccc1)c1ccccc1)c1ccccc1.COC(=O)c1c(C)c2c(c(C)c1O)OC(=O)c1c(C)c(Cl)c(O)c(Cl)c1O2.Cl. The zero-order valence-corrected chi connectivity index (χ0v) is 31.7. The number of carbonyl (C=O) groups excluding carboxylic acids is 2. The average Bonchev–Trinajstić information content (AvgIpc) is 3.31. The molecule has 1 aliphatic heterocycles. The Morgan fingerprint density at radius 2 is 1.23 bits per heavy atom. The zero-order chi connectivity index (χ0) is 36.8. The van der Waals surface area contributed by atoms with Crippen LogP contribution in [0.4, 0.5) is 0 Å². The van der Waals surface area contributed by atoms with Crippen molar-refractivity contribution in [3.63, 3.8) is 0 Å². The van der Waals surface area contributed by atoms with Gasteiger partial charge in [0.15, 0.2) is 23.0 Å². The first-order chi connectivity index (χ1) is 24.5. The van der Waals surface area contributed by atoms with E-state index in [1.807, 2.05) is 0 Å². The summed E-state index contributed by atoms with van der Waals surface area (Å²) in [5, 5.41) is 23.8. The molecule has 5 aromatic carbocycles. The fourth-order valence-electron chi connectivity index (χ4n) is 6.08. The largest absolute Gasteiger partial charge is 0.507 e. The predicted molar refractivity (Wildman–Crippen MR) is 206 cm³/mol. The van der Waals surface area contributed by atoms with E-state index in [1.165, 1.54) is 44.6 Å². The number of methoxy groups -OCH3 is 1. The van der Waals surface area contributed by atoms with Gasteiger partial charge in [-0.05, 0) is 62.9 Å². The second kappa shape index (κ2) is 17.7. The van der Waals surface area contributed by atoms with Gasteiger partial charge in [-0.25, -0.2) is 9.59 Å². The third-order valence-corrected chi connectivity index (χ3v) is 9.79. The minimum absolute atomic E-state index is 0. The summed E-state index contributed by atoms with van der Waals surface area (Å²) in [6, 6.07) is 32.6. The minimum atomic E-state index is -0.835. The molecular formula is C41H40Cl3NO7. The maximum Gasteiger partial charge on any atom is 0.347 e. The predicted octanol–water partition coefficient (Wildman–Crippen LogP) is 10.4. The second-order valence-corrected chi connectivity index (χ2v) is 12.9. The highest BCUT2D eigenvalue weighted by atomic mass is 35.5. The van der Waals surface area contributed by atoms with Gasteiger partial charge in [0.1, 0.15) is 21.9 Å². The van der Waals surface area contributed by atoms with Crippen molar-refractivity contribution in [2.45, 2.75) is 46.1 Å². The molecule has 5 aromatic rings. The van der Waals surface area contributed by atoms with Gasteiger partial charge in [-0.2, -0.15) is 0 Å². The van der Waals surface area contributed by atoms with Crippen molar-refractivity contribution in [2.24, 2.45) is 0 Å². The topological polar surface area (TPSA) is 114 Å². The fraction of sp³-hybridized carbons (Fsp3) is 0.220. The lowest BCUT2D eigenvalue weighted by Gasteiger charge is -2.20. The number of aromatic hydroxyl groups is 2. The first-order valence-electron chi connectivity index (χ1n) is 16.4. The third-order valence-electron chi connectivity index (χ3n) is 8.98. The molecule has 8 nitrogen and oxygen atoms in total. The van der Waals surface area contributed by atoms with Crippen LogP contribution in [0.3, 0.4) is 0 Å². The molecule has 52 heavy (non-hydrogen) atoms. The van der Waals surface area contributed by atoms with Gasteiger partial charge >= 0.3 is 11.9 Å². The number of carbonyl (C=O) groups is 2. The van der Waals surface area contributed by atoms with Gasteiger partial charge in [0.2, 0.25) is 0 Å². The Morgan fingerprint density at radius 3 is 1.75 bits per heavy atom. The smallest absolute Gasteiger partial charge is 0.347 e. The van der Waals surface area contributed by atoms with Crippen LogP contribution in [0, 0.1) is 20.8 Å². The highest BCUT2D eigenvalue weighted by Crippen LogP contribution is 2.52. The van der Waals surface area contributed by atoms with E-state index >= 15 is 0 Å². The lowest BCUT2D eigenvalue weighted by molar-refractivity contribution is 0.0596. The van der Waals surface area contributed by atoms with Gasteiger partial charge in [-0.15, -0.1) is 12.4 Å². The van der Waals surface area contributed by atoms with E-state index in [-0.39, 0.29) is 67.5 Å². The number of benzene rings is 5. The van der Waals surface area contributed by atoms with Crippen LogP contribution in [0.25, 0.3) is 0 Å². The molecule has 3 N–H and O–H groups in total. The average molecular weight is 765 g/mol. The maximum absolute atomic E-state index is 12.7.